The van der Waals surface area contributed by atoms with Crippen molar-refractivity contribution in [3.63, 3.8) is 0 Å². The molecule has 1 fully saturated rings. The molecule has 3 aromatic carbocycles. The molecule has 0 aliphatic carbocycles. The fourth-order valence-electron chi connectivity index (χ4n) is 5.03. The molecule has 4 nitrogen and oxygen atoms in total. The first-order chi connectivity index (χ1) is 15.4. The van der Waals surface area contributed by atoms with Gasteiger partial charge in [0.2, 0.25) is 10.0 Å². The summed E-state index contributed by atoms with van der Waals surface area (Å²) in [5, 5.41) is 0.330. The molecule has 166 valence electrons. The molecule has 1 saturated heterocycles. The fraction of sp³-hybridized carbons (Fsp3) is 0.280. The lowest BCUT2D eigenvalue weighted by Crippen LogP contribution is -2.35. The van der Waals surface area contributed by atoms with E-state index in [0.29, 0.717) is 19.0 Å². The van der Waals surface area contributed by atoms with Crippen LogP contribution in [-0.4, -0.2) is 37.3 Å². The van der Waals surface area contributed by atoms with Crippen LogP contribution in [0.4, 0.5) is 0 Å². The molecule has 3 aromatic rings. The number of benzene rings is 3. The van der Waals surface area contributed by atoms with Gasteiger partial charge in [-0.1, -0.05) is 83.9 Å². The van der Waals surface area contributed by atoms with Gasteiger partial charge in [-0.15, -0.1) is 0 Å². The molecule has 2 aliphatic heterocycles. The van der Waals surface area contributed by atoms with Gasteiger partial charge in [-0.25, -0.2) is 8.42 Å². The number of nitrogens with zero attached hydrogens (tertiary/aromatic N) is 2. The van der Waals surface area contributed by atoms with Crippen molar-refractivity contribution in [3.05, 3.63) is 99.5 Å². The minimum absolute atomic E-state index is 0.0711. The lowest BCUT2D eigenvalue weighted by atomic mass is 9.87. The Morgan fingerprint density at radius 1 is 0.844 bits per heavy atom. The SMILES string of the molecule is O=S(=O)(c1cccc(Cl)c1Cl)N1Cc2ccccc2C2CN(Cc3ccccc3)CC2C1. The normalized spacial score (nSPS) is 21.7. The predicted octanol–water partition coefficient (Wildman–Crippen LogP) is 5.41. The maximum Gasteiger partial charge on any atom is 0.244 e. The standard InChI is InChI=1S/C25H24Cl2N2O2S/c26-23-11-6-12-24(25(23)27)32(30,31)29-15-19-9-4-5-10-21(19)22-17-28(14-20(22)16-29)13-18-7-2-1-3-8-18/h1-12,20,22H,13-17H2. The highest BCUT2D eigenvalue weighted by molar-refractivity contribution is 7.89. The molecule has 32 heavy (non-hydrogen) atoms. The summed E-state index contributed by atoms with van der Waals surface area (Å²) in [6.45, 7) is 3.43. The second-order valence-electron chi connectivity index (χ2n) is 8.59. The smallest absolute Gasteiger partial charge is 0.244 e. The number of likely N-dealkylation sites (tertiary alicyclic amines) is 1. The number of halogens is 2. The van der Waals surface area contributed by atoms with E-state index in [1.54, 1.807) is 16.4 Å². The van der Waals surface area contributed by atoms with Crippen molar-refractivity contribution in [1.82, 2.24) is 9.21 Å². The predicted molar refractivity (Wildman–Crippen MR) is 128 cm³/mol. The van der Waals surface area contributed by atoms with E-state index in [-0.39, 0.29) is 20.9 Å². The number of fused-ring (bicyclic) bond motifs is 3. The molecule has 0 amide bonds. The maximum atomic E-state index is 13.7. The molecule has 0 bridgehead atoms. The van der Waals surface area contributed by atoms with Gasteiger partial charge in [-0.3, -0.25) is 4.90 Å². The van der Waals surface area contributed by atoms with E-state index in [1.807, 2.05) is 24.3 Å². The van der Waals surface area contributed by atoms with Gasteiger partial charge in [0.25, 0.3) is 0 Å². The molecule has 2 aliphatic rings. The first kappa shape index (κ1) is 21.9. The first-order valence-corrected chi connectivity index (χ1v) is 12.9. The summed E-state index contributed by atoms with van der Waals surface area (Å²) in [5.74, 6) is 0.500. The van der Waals surface area contributed by atoms with Gasteiger partial charge < -0.3 is 0 Å². The Kier molecular flexibility index (Phi) is 6.03. The van der Waals surface area contributed by atoms with Crippen molar-refractivity contribution in [2.75, 3.05) is 19.6 Å². The molecule has 7 heteroatoms. The molecule has 2 heterocycles. The van der Waals surface area contributed by atoms with Gasteiger partial charge in [-0.05, 0) is 34.7 Å². The number of hydrogen-bond acceptors (Lipinski definition) is 3. The van der Waals surface area contributed by atoms with Crippen LogP contribution in [0.2, 0.25) is 10.0 Å². The third kappa shape index (κ3) is 4.09. The summed E-state index contributed by atoms with van der Waals surface area (Å²) >= 11 is 12.5. The highest BCUT2D eigenvalue weighted by Crippen LogP contribution is 2.41. The van der Waals surface area contributed by atoms with Crippen LogP contribution in [0, 0.1) is 5.92 Å². The molecule has 5 rings (SSSR count). The Hall–Kier alpha value is -1.89. The lowest BCUT2D eigenvalue weighted by molar-refractivity contribution is 0.293. The number of hydrogen-bond donors (Lipinski definition) is 0. The van der Waals surface area contributed by atoms with Crippen LogP contribution < -0.4 is 0 Å². The zero-order valence-corrected chi connectivity index (χ0v) is 19.8. The second-order valence-corrected chi connectivity index (χ2v) is 11.3. The van der Waals surface area contributed by atoms with Gasteiger partial charge in [-0.2, -0.15) is 4.31 Å². The Morgan fingerprint density at radius 2 is 1.59 bits per heavy atom. The minimum atomic E-state index is -3.80. The van der Waals surface area contributed by atoms with Crippen LogP contribution in [0.15, 0.2) is 77.7 Å². The van der Waals surface area contributed by atoms with E-state index in [9.17, 15) is 8.42 Å². The van der Waals surface area contributed by atoms with Crippen molar-refractivity contribution >= 4 is 33.2 Å². The maximum absolute atomic E-state index is 13.7. The summed E-state index contributed by atoms with van der Waals surface area (Å²) in [4.78, 5) is 2.51. The number of rotatable bonds is 4. The van der Waals surface area contributed by atoms with Crippen LogP contribution in [0.5, 0.6) is 0 Å². The molecular weight excluding hydrogens is 463 g/mol. The third-order valence-corrected chi connectivity index (χ3v) is 9.32. The molecule has 0 aromatic heterocycles. The van der Waals surface area contributed by atoms with Gasteiger partial charge >= 0.3 is 0 Å². The quantitative estimate of drug-likeness (QED) is 0.494. The van der Waals surface area contributed by atoms with E-state index in [4.69, 9.17) is 23.2 Å². The average molecular weight is 487 g/mol. The van der Waals surface area contributed by atoms with Crippen molar-refractivity contribution in [3.8, 4) is 0 Å². The molecule has 2 unspecified atom stereocenters. The largest absolute Gasteiger partial charge is 0.298 e. The van der Waals surface area contributed by atoms with Gasteiger partial charge in [0.1, 0.15) is 4.90 Å². The summed E-state index contributed by atoms with van der Waals surface area (Å²) in [6, 6.07) is 23.4. The van der Waals surface area contributed by atoms with Crippen LogP contribution in [-0.2, 0) is 23.1 Å². The Morgan fingerprint density at radius 3 is 2.41 bits per heavy atom. The molecular formula is C25H24Cl2N2O2S. The number of sulfonamides is 1. The van der Waals surface area contributed by atoms with Crippen molar-refractivity contribution in [2.24, 2.45) is 5.92 Å². The van der Waals surface area contributed by atoms with E-state index < -0.39 is 10.0 Å². The van der Waals surface area contributed by atoms with Crippen molar-refractivity contribution < 1.29 is 8.42 Å². The van der Waals surface area contributed by atoms with Gasteiger partial charge in [0.15, 0.2) is 0 Å². The van der Waals surface area contributed by atoms with Crippen molar-refractivity contribution in [2.45, 2.75) is 23.9 Å². The molecule has 0 saturated carbocycles. The molecule has 2 atom stereocenters. The topological polar surface area (TPSA) is 40.6 Å². The molecule has 0 spiro atoms. The highest BCUT2D eigenvalue weighted by atomic mass is 35.5. The van der Waals surface area contributed by atoms with E-state index >= 15 is 0 Å². The summed E-state index contributed by atoms with van der Waals surface area (Å²) in [6.07, 6.45) is 0. The average Bonchev–Trinajstić information content (AvgIpc) is 3.10. The van der Waals surface area contributed by atoms with Crippen molar-refractivity contribution in [1.29, 1.82) is 0 Å². The zero-order valence-electron chi connectivity index (χ0n) is 17.5. The van der Waals surface area contributed by atoms with Crippen LogP contribution in [0.3, 0.4) is 0 Å². The van der Waals surface area contributed by atoms with Gasteiger partial charge in [0.05, 0.1) is 10.0 Å². The Balaban J connectivity index is 1.49. The molecule has 0 N–H and O–H groups in total. The molecule has 0 radical (unpaired) electrons. The lowest BCUT2D eigenvalue weighted by Gasteiger charge is -2.25. The van der Waals surface area contributed by atoms with Gasteiger partial charge in [0, 0.05) is 38.6 Å². The Bertz CT molecular complexity index is 1230. The third-order valence-electron chi connectivity index (χ3n) is 6.54. The summed E-state index contributed by atoms with van der Waals surface area (Å²) in [5.41, 5.74) is 3.58. The second kappa shape index (κ2) is 8.81. The van der Waals surface area contributed by atoms with E-state index in [0.717, 1.165) is 25.2 Å². The summed E-state index contributed by atoms with van der Waals surface area (Å²) < 4.78 is 28.9. The minimum Gasteiger partial charge on any atom is -0.298 e. The highest BCUT2D eigenvalue weighted by Gasteiger charge is 2.41. The first-order valence-electron chi connectivity index (χ1n) is 10.7. The van der Waals surface area contributed by atoms with E-state index in [1.165, 1.54) is 17.2 Å². The van der Waals surface area contributed by atoms with Crippen LogP contribution in [0.25, 0.3) is 0 Å². The zero-order chi connectivity index (χ0) is 22.3. The van der Waals surface area contributed by atoms with Crippen LogP contribution in [0.1, 0.15) is 22.6 Å². The van der Waals surface area contributed by atoms with Crippen LogP contribution >= 0.6 is 23.2 Å². The fourth-order valence-corrected chi connectivity index (χ4v) is 7.24. The Labute approximate surface area is 199 Å². The summed E-state index contributed by atoms with van der Waals surface area (Å²) in [7, 11) is -3.80. The monoisotopic (exact) mass is 486 g/mol. The van der Waals surface area contributed by atoms with E-state index in [2.05, 4.69) is 35.2 Å².